The summed E-state index contributed by atoms with van der Waals surface area (Å²) in [6.07, 6.45) is 4.43. The van der Waals surface area contributed by atoms with Crippen molar-refractivity contribution in [3.63, 3.8) is 0 Å². The molecule has 6 rings (SSSR count). The normalized spacial score (nSPS) is 24.5. The summed E-state index contributed by atoms with van der Waals surface area (Å²) >= 11 is 0. The number of nitrogens with zero attached hydrogens (tertiary/aromatic N) is 1. The lowest BCUT2D eigenvalue weighted by Gasteiger charge is -2.39. The van der Waals surface area contributed by atoms with E-state index < -0.39 is 0 Å². The van der Waals surface area contributed by atoms with Crippen molar-refractivity contribution in [2.45, 2.75) is 50.4 Å². The van der Waals surface area contributed by atoms with Crippen LogP contribution in [0.15, 0.2) is 60.7 Å². The van der Waals surface area contributed by atoms with Crippen molar-refractivity contribution in [3.8, 4) is 11.5 Å². The zero-order valence-corrected chi connectivity index (χ0v) is 17.4. The highest BCUT2D eigenvalue weighted by Crippen LogP contribution is 2.39. The molecule has 3 aromatic rings. The molecule has 31 heavy (non-hydrogen) atoms. The van der Waals surface area contributed by atoms with Gasteiger partial charge < -0.3 is 14.8 Å². The molecule has 2 atom stereocenters. The van der Waals surface area contributed by atoms with Crippen LogP contribution in [0.3, 0.4) is 0 Å². The first-order valence-electron chi connectivity index (χ1n) is 11.2. The number of amides is 1. The van der Waals surface area contributed by atoms with E-state index in [2.05, 4.69) is 34.5 Å². The largest absolute Gasteiger partial charge is 0.454 e. The van der Waals surface area contributed by atoms with Crippen LogP contribution in [0, 0.1) is 0 Å². The molecule has 1 N–H and O–H groups in total. The average molecular weight is 415 g/mol. The molecule has 3 aromatic carbocycles. The second-order valence-corrected chi connectivity index (χ2v) is 8.91. The first-order valence-corrected chi connectivity index (χ1v) is 11.2. The highest BCUT2D eigenvalue weighted by atomic mass is 16.7. The molecule has 2 bridgehead atoms. The second-order valence-electron chi connectivity index (χ2n) is 8.91. The van der Waals surface area contributed by atoms with Crippen molar-refractivity contribution in [2.75, 3.05) is 6.79 Å². The zero-order chi connectivity index (χ0) is 20.8. The average Bonchev–Trinajstić information content (AvgIpc) is 3.34. The van der Waals surface area contributed by atoms with Gasteiger partial charge >= 0.3 is 0 Å². The molecule has 0 aliphatic carbocycles. The molecular formula is C26H26N2O3. The van der Waals surface area contributed by atoms with Crippen LogP contribution >= 0.6 is 0 Å². The molecule has 2 fully saturated rings. The van der Waals surface area contributed by atoms with Gasteiger partial charge in [-0.05, 0) is 60.2 Å². The fraction of sp³-hybridized carbons (Fsp3) is 0.346. The van der Waals surface area contributed by atoms with Gasteiger partial charge in [0.25, 0.3) is 5.91 Å². The van der Waals surface area contributed by atoms with E-state index >= 15 is 0 Å². The van der Waals surface area contributed by atoms with Crippen molar-refractivity contribution in [1.29, 1.82) is 0 Å². The van der Waals surface area contributed by atoms with Crippen LogP contribution in [0.1, 0.15) is 41.6 Å². The molecule has 0 aromatic heterocycles. The second kappa shape index (κ2) is 7.57. The van der Waals surface area contributed by atoms with Crippen LogP contribution in [-0.2, 0) is 6.54 Å². The van der Waals surface area contributed by atoms with Gasteiger partial charge in [0.2, 0.25) is 6.79 Å². The summed E-state index contributed by atoms with van der Waals surface area (Å²) in [7, 11) is 0. The van der Waals surface area contributed by atoms with Crippen LogP contribution in [0.5, 0.6) is 11.5 Å². The van der Waals surface area contributed by atoms with E-state index in [4.69, 9.17) is 9.47 Å². The van der Waals surface area contributed by atoms with Gasteiger partial charge in [-0.25, -0.2) is 0 Å². The Kier molecular flexibility index (Phi) is 4.57. The third-order valence-corrected chi connectivity index (χ3v) is 7.06. The van der Waals surface area contributed by atoms with Crippen molar-refractivity contribution >= 4 is 16.7 Å². The lowest BCUT2D eigenvalue weighted by Crippen LogP contribution is -2.50. The van der Waals surface area contributed by atoms with Gasteiger partial charge in [0.05, 0.1) is 0 Å². The van der Waals surface area contributed by atoms with E-state index in [1.54, 1.807) is 0 Å². The minimum atomic E-state index is 0.0467. The molecule has 0 spiro atoms. The summed E-state index contributed by atoms with van der Waals surface area (Å²) in [5, 5.41) is 5.47. The molecule has 0 radical (unpaired) electrons. The quantitative estimate of drug-likeness (QED) is 0.683. The van der Waals surface area contributed by atoms with Crippen LogP contribution in [0.2, 0.25) is 0 Å². The van der Waals surface area contributed by atoms with Crippen molar-refractivity contribution in [2.24, 2.45) is 0 Å². The maximum Gasteiger partial charge on any atom is 0.252 e. The first-order chi connectivity index (χ1) is 15.2. The first kappa shape index (κ1) is 18.7. The van der Waals surface area contributed by atoms with E-state index in [0.717, 1.165) is 47.2 Å². The van der Waals surface area contributed by atoms with Gasteiger partial charge in [-0.15, -0.1) is 0 Å². The smallest absolute Gasteiger partial charge is 0.252 e. The molecule has 5 nitrogen and oxygen atoms in total. The molecule has 2 saturated heterocycles. The van der Waals surface area contributed by atoms with Crippen molar-refractivity contribution in [3.05, 3.63) is 71.8 Å². The summed E-state index contributed by atoms with van der Waals surface area (Å²) < 4.78 is 11.0. The molecule has 2 unspecified atom stereocenters. The van der Waals surface area contributed by atoms with Crippen molar-refractivity contribution in [1.82, 2.24) is 10.2 Å². The molecule has 1 amide bonds. The number of hydrogen-bond acceptors (Lipinski definition) is 4. The fourth-order valence-electron chi connectivity index (χ4n) is 5.59. The molecule has 3 heterocycles. The third kappa shape index (κ3) is 3.43. The summed E-state index contributed by atoms with van der Waals surface area (Å²) in [4.78, 5) is 15.7. The minimum Gasteiger partial charge on any atom is -0.454 e. The Balaban J connectivity index is 1.14. The molecule has 158 valence electrons. The Morgan fingerprint density at radius 3 is 2.58 bits per heavy atom. The summed E-state index contributed by atoms with van der Waals surface area (Å²) in [6.45, 7) is 1.24. The monoisotopic (exact) mass is 414 g/mol. The van der Waals surface area contributed by atoms with Gasteiger partial charge in [0.1, 0.15) is 0 Å². The summed E-state index contributed by atoms with van der Waals surface area (Å²) in [5.41, 5.74) is 2.03. The van der Waals surface area contributed by atoms with E-state index in [9.17, 15) is 4.79 Å². The topological polar surface area (TPSA) is 50.8 Å². The number of fused-ring (bicyclic) bond motifs is 4. The Hall–Kier alpha value is -3.05. The zero-order valence-electron chi connectivity index (χ0n) is 17.4. The maximum atomic E-state index is 13.1. The van der Waals surface area contributed by atoms with Crippen LogP contribution in [-0.4, -0.2) is 35.7 Å². The molecule has 3 aliphatic heterocycles. The van der Waals surface area contributed by atoms with E-state index in [0.29, 0.717) is 18.9 Å². The molecule has 0 saturated carbocycles. The number of carbonyl (C=O) groups is 1. The Bertz CT molecular complexity index is 1130. The number of hydrogen-bond donors (Lipinski definition) is 1. The summed E-state index contributed by atoms with van der Waals surface area (Å²) in [6, 6.07) is 21.6. The number of nitrogens with one attached hydrogen (secondary N) is 1. The van der Waals surface area contributed by atoms with Gasteiger partial charge in [0.15, 0.2) is 11.5 Å². The van der Waals surface area contributed by atoms with Gasteiger partial charge in [-0.1, -0.05) is 42.5 Å². The highest BCUT2D eigenvalue weighted by molar-refractivity contribution is 6.07. The number of carbonyl (C=O) groups excluding carboxylic acids is 1. The molecule has 3 aliphatic rings. The number of piperidine rings is 1. The lowest BCUT2D eigenvalue weighted by atomic mass is 9.95. The number of ether oxygens (including phenoxy) is 2. The predicted octanol–water partition coefficient (Wildman–Crippen LogP) is 4.49. The van der Waals surface area contributed by atoms with E-state index in [1.807, 2.05) is 36.4 Å². The lowest BCUT2D eigenvalue weighted by molar-refractivity contribution is 0.0829. The van der Waals surface area contributed by atoms with Crippen molar-refractivity contribution < 1.29 is 14.3 Å². The number of benzene rings is 3. The number of rotatable bonds is 4. The van der Waals surface area contributed by atoms with Crippen LogP contribution < -0.4 is 14.8 Å². The fourth-order valence-corrected chi connectivity index (χ4v) is 5.59. The molecule has 5 heteroatoms. The predicted molar refractivity (Wildman–Crippen MR) is 119 cm³/mol. The van der Waals surface area contributed by atoms with Crippen LogP contribution in [0.25, 0.3) is 10.8 Å². The highest BCUT2D eigenvalue weighted by Gasteiger charge is 2.41. The SMILES string of the molecule is O=C(NC1CC2CCC(C1)N2Cc1ccc2c(c1)OCO2)c1cccc2ccccc12. The molecular weight excluding hydrogens is 388 g/mol. The van der Waals surface area contributed by atoms with E-state index in [-0.39, 0.29) is 11.9 Å². The Labute approximate surface area is 182 Å². The Morgan fingerprint density at radius 2 is 1.71 bits per heavy atom. The standard InChI is InChI=1S/C26H26N2O3/c29-26(23-7-3-5-18-4-1-2-6-22(18)23)27-19-13-20-9-10-21(14-19)28(20)15-17-8-11-24-25(12-17)31-16-30-24/h1-8,11-12,19-21H,9-10,13-16H2,(H,27,29). The third-order valence-electron chi connectivity index (χ3n) is 7.06. The van der Waals surface area contributed by atoms with Crippen LogP contribution in [0.4, 0.5) is 0 Å². The van der Waals surface area contributed by atoms with Gasteiger partial charge in [-0.3, -0.25) is 9.69 Å². The minimum absolute atomic E-state index is 0.0467. The van der Waals surface area contributed by atoms with E-state index in [1.165, 1.54) is 18.4 Å². The summed E-state index contributed by atoms with van der Waals surface area (Å²) in [5.74, 6) is 1.73. The van der Waals surface area contributed by atoms with Gasteiger partial charge in [-0.2, -0.15) is 0 Å². The van der Waals surface area contributed by atoms with Gasteiger partial charge in [0, 0.05) is 30.2 Å². The maximum absolute atomic E-state index is 13.1. The Morgan fingerprint density at radius 1 is 0.935 bits per heavy atom.